The Kier molecular flexibility index (Phi) is 4.41. The predicted octanol–water partition coefficient (Wildman–Crippen LogP) is 4.58. The molecule has 21 heavy (non-hydrogen) atoms. The average Bonchev–Trinajstić information content (AvgIpc) is 2.95. The van der Waals surface area contributed by atoms with Crippen molar-refractivity contribution < 1.29 is 4.39 Å². The summed E-state index contributed by atoms with van der Waals surface area (Å²) in [6.45, 7) is 0. The molecule has 1 aliphatic rings. The van der Waals surface area contributed by atoms with Gasteiger partial charge in [-0.2, -0.15) is 0 Å². The molecule has 1 atom stereocenters. The summed E-state index contributed by atoms with van der Waals surface area (Å²) in [4.78, 5) is 0. The lowest BCUT2D eigenvalue weighted by Crippen LogP contribution is -2.19. The zero-order valence-electron chi connectivity index (χ0n) is 12.1. The van der Waals surface area contributed by atoms with Crippen molar-refractivity contribution in [2.75, 3.05) is 7.05 Å². The monoisotopic (exact) mass is 347 g/mol. The van der Waals surface area contributed by atoms with E-state index in [1.807, 2.05) is 13.1 Å². The Morgan fingerprint density at radius 1 is 1.14 bits per heavy atom. The van der Waals surface area contributed by atoms with Crippen molar-refractivity contribution in [3.8, 4) is 0 Å². The summed E-state index contributed by atoms with van der Waals surface area (Å²) in [5.74, 6) is -0.207. The molecule has 0 saturated carbocycles. The van der Waals surface area contributed by atoms with E-state index in [0.29, 0.717) is 4.47 Å². The number of hydrogen-bond donors (Lipinski definition) is 1. The van der Waals surface area contributed by atoms with Gasteiger partial charge in [0.25, 0.3) is 0 Å². The van der Waals surface area contributed by atoms with Gasteiger partial charge in [-0.1, -0.05) is 24.3 Å². The molecule has 0 bridgehead atoms. The molecule has 0 radical (unpaired) electrons. The lowest BCUT2D eigenvalue weighted by atomic mass is 9.96. The van der Waals surface area contributed by atoms with E-state index in [4.69, 9.17) is 0 Å². The molecule has 0 aromatic heterocycles. The Morgan fingerprint density at radius 2 is 1.95 bits per heavy atom. The fourth-order valence-corrected chi connectivity index (χ4v) is 3.35. The van der Waals surface area contributed by atoms with E-state index in [9.17, 15) is 4.39 Å². The second kappa shape index (κ2) is 6.29. The number of rotatable bonds is 4. The van der Waals surface area contributed by atoms with E-state index in [1.54, 1.807) is 12.1 Å². The highest BCUT2D eigenvalue weighted by atomic mass is 79.9. The first-order valence-corrected chi connectivity index (χ1v) is 8.19. The summed E-state index contributed by atoms with van der Waals surface area (Å²) in [6, 6.07) is 12.3. The van der Waals surface area contributed by atoms with Gasteiger partial charge in [-0.3, -0.25) is 0 Å². The summed E-state index contributed by atoms with van der Waals surface area (Å²) in [5, 5.41) is 3.30. The van der Waals surface area contributed by atoms with Crippen LogP contribution in [0.15, 0.2) is 40.9 Å². The highest BCUT2D eigenvalue weighted by Gasteiger charge is 2.15. The van der Waals surface area contributed by atoms with Crippen LogP contribution in [-0.4, -0.2) is 7.05 Å². The maximum Gasteiger partial charge on any atom is 0.137 e. The second-order valence-electron chi connectivity index (χ2n) is 5.68. The maximum atomic E-state index is 13.7. The van der Waals surface area contributed by atoms with Crippen LogP contribution in [0.5, 0.6) is 0 Å². The van der Waals surface area contributed by atoms with E-state index >= 15 is 0 Å². The van der Waals surface area contributed by atoms with Crippen LogP contribution < -0.4 is 5.32 Å². The highest BCUT2D eigenvalue weighted by Crippen LogP contribution is 2.27. The fourth-order valence-electron chi connectivity index (χ4n) is 3.10. The quantitative estimate of drug-likeness (QED) is 0.853. The standard InChI is InChI=1S/C18H19BrFN/c1-21-18(15-7-8-16(19)17(20)11-15)10-12-5-6-13-3-2-4-14(13)9-12/h5-9,11,18,21H,2-4,10H2,1H3. The van der Waals surface area contributed by atoms with Gasteiger partial charge in [0, 0.05) is 6.04 Å². The van der Waals surface area contributed by atoms with Gasteiger partial charge in [-0.15, -0.1) is 0 Å². The minimum atomic E-state index is -0.207. The molecule has 1 nitrogen and oxygen atoms in total. The van der Waals surface area contributed by atoms with Crippen molar-refractivity contribution in [3.05, 3.63) is 68.9 Å². The molecule has 0 fully saturated rings. The summed E-state index contributed by atoms with van der Waals surface area (Å²) in [5.41, 5.74) is 5.29. The van der Waals surface area contributed by atoms with Crippen molar-refractivity contribution >= 4 is 15.9 Å². The molecule has 1 N–H and O–H groups in total. The molecule has 0 saturated heterocycles. The number of benzene rings is 2. The van der Waals surface area contributed by atoms with Crippen molar-refractivity contribution in [3.63, 3.8) is 0 Å². The van der Waals surface area contributed by atoms with Gasteiger partial charge >= 0.3 is 0 Å². The summed E-state index contributed by atoms with van der Waals surface area (Å²) in [7, 11) is 1.93. The Hall–Kier alpha value is -1.19. The molecule has 3 rings (SSSR count). The molecular formula is C18H19BrFN. The van der Waals surface area contributed by atoms with Gasteiger partial charge in [0.1, 0.15) is 5.82 Å². The van der Waals surface area contributed by atoms with Gasteiger partial charge in [-0.05, 0) is 83.0 Å². The van der Waals surface area contributed by atoms with Gasteiger partial charge in [0.05, 0.1) is 4.47 Å². The molecule has 0 spiro atoms. The molecule has 3 heteroatoms. The predicted molar refractivity (Wildman–Crippen MR) is 88.1 cm³/mol. The number of aryl methyl sites for hydroxylation is 2. The zero-order valence-corrected chi connectivity index (χ0v) is 13.7. The third-order valence-electron chi connectivity index (χ3n) is 4.30. The van der Waals surface area contributed by atoms with Crippen LogP contribution in [0.1, 0.15) is 34.7 Å². The largest absolute Gasteiger partial charge is 0.313 e. The fraction of sp³-hybridized carbons (Fsp3) is 0.333. The van der Waals surface area contributed by atoms with Crippen LogP contribution in [-0.2, 0) is 19.3 Å². The SMILES string of the molecule is CNC(Cc1ccc2c(c1)CCC2)c1ccc(Br)c(F)c1. The van der Waals surface area contributed by atoms with Crippen LogP contribution >= 0.6 is 15.9 Å². The Bertz CT molecular complexity index is 654. The Morgan fingerprint density at radius 3 is 2.71 bits per heavy atom. The molecule has 1 unspecified atom stereocenters. The minimum absolute atomic E-state index is 0.132. The van der Waals surface area contributed by atoms with Crippen LogP contribution in [0.2, 0.25) is 0 Å². The second-order valence-corrected chi connectivity index (χ2v) is 6.53. The average molecular weight is 348 g/mol. The third-order valence-corrected chi connectivity index (χ3v) is 4.94. The molecule has 110 valence electrons. The summed E-state index contributed by atoms with van der Waals surface area (Å²) < 4.78 is 14.2. The minimum Gasteiger partial charge on any atom is -0.313 e. The van der Waals surface area contributed by atoms with E-state index < -0.39 is 0 Å². The first-order chi connectivity index (χ1) is 10.2. The van der Waals surface area contributed by atoms with Crippen LogP contribution in [0.4, 0.5) is 4.39 Å². The molecule has 0 amide bonds. The van der Waals surface area contributed by atoms with Crippen molar-refractivity contribution in [1.82, 2.24) is 5.32 Å². The number of halogens is 2. The van der Waals surface area contributed by atoms with Gasteiger partial charge in [-0.25, -0.2) is 4.39 Å². The first kappa shape index (κ1) is 14.7. The molecule has 0 aliphatic heterocycles. The van der Waals surface area contributed by atoms with Crippen molar-refractivity contribution in [1.29, 1.82) is 0 Å². The summed E-state index contributed by atoms with van der Waals surface area (Å²) >= 11 is 3.21. The van der Waals surface area contributed by atoms with E-state index in [0.717, 1.165) is 12.0 Å². The van der Waals surface area contributed by atoms with Crippen molar-refractivity contribution in [2.45, 2.75) is 31.7 Å². The molecule has 0 heterocycles. The normalized spacial score (nSPS) is 15.0. The maximum absolute atomic E-state index is 13.7. The topological polar surface area (TPSA) is 12.0 Å². The zero-order chi connectivity index (χ0) is 14.8. The Balaban J connectivity index is 1.82. The lowest BCUT2D eigenvalue weighted by molar-refractivity contribution is 0.575. The van der Waals surface area contributed by atoms with Crippen LogP contribution in [0, 0.1) is 5.82 Å². The smallest absolute Gasteiger partial charge is 0.137 e. The number of hydrogen-bond acceptors (Lipinski definition) is 1. The first-order valence-electron chi connectivity index (χ1n) is 7.40. The van der Waals surface area contributed by atoms with Crippen LogP contribution in [0.3, 0.4) is 0 Å². The van der Waals surface area contributed by atoms with Gasteiger partial charge < -0.3 is 5.32 Å². The van der Waals surface area contributed by atoms with Gasteiger partial charge in [0.2, 0.25) is 0 Å². The molecule has 2 aromatic rings. The van der Waals surface area contributed by atoms with Crippen molar-refractivity contribution in [2.24, 2.45) is 0 Å². The highest BCUT2D eigenvalue weighted by molar-refractivity contribution is 9.10. The van der Waals surface area contributed by atoms with Gasteiger partial charge in [0.15, 0.2) is 0 Å². The lowest BCUT2D eigenvalue weighted by Gasteiger charge is -2.18. The van der Waals surface area contributed by atoms with E-state index in [-0.39, 0.29) is 11.9 Å². The number of fused-ring (bicyclic) bond motifs is 1. The number of nitrogens with one attached hydrogen (secondary N) is 1. The summed E-state index contributed by atoms with van der Waals surface area (Å²) in [6.07, 6.45) is 4.56. The van der Waals surface area contributed by atoms with E-state index in [2.05, 4.69) is 39.4 Å². The molecular weight excluding hydrogens is 329 g/mol. The molecule has 2 aromatic carbocycles. The van der Waals surface area contributed by atoms with E-state index in [1.165, 1.54) is 36.0 Å². The van der Waals surface area contributed by atoms with Crippen LogP contribution in [0.25, 0.3) is 0 Å². The Labute approximate surface area is 133 Å². The third kappa shape index (κ3) is 3.19. The molecule has 1 aliphatic carbocycles. The number of likely N-dealkylation sites (N-methyl/N-ethyl adjacent to an activating group) is 1.